The van der Waals surface area contributed by atoms with Gasteiger partial charge in [0.15, 0.2) is 0 Å². The van der Waals surface area contributed by atoms with Crippen LogP contribution in [0.2, 0.25) is 0 Å². The lowest BCUT2D eigenvalue weighted by molar-refractivity contribution is -0.119. The molecule has 2 nitrogen and oxygen atoms in total. The van der Waals surface area contributed by atoms with Gasteiger partial charge in [-0.2, -0.15) is 0 Å². The fourth-order valence-electron chi connectivity index (χ4n) is 0.140. The highest BCUT2D eigenvalue weighted by Gasteiger charge is 2.53. The molecule has 0 radical (unpaired) electrons. The van der Waals surface area contributed by atoms with E-state index in [4.69, 9.17) is 46.4 Å². The van der Waals surface area contributed by atoms with E-state index in [9.17, 15) is 9.18 Å². The first-order valence-corrected chi connectivity index (χ1v) is 3.45. The van der Waals surface area contributed by atoms with Crippen molar-refractivity contribution < 1.29 is 9.18 Å². The molecule has 0 aromatic rings. The molecule has 2 N–H and O–H groups in total. The number of alkyl halides is 5. The molecular formula is C3H2Cl4FNO. The minimum absolute atomic E-state index is 1.34. The second-order valence-electron chi connectivity index (χ2n) is 1.44. The number of halogens is 5. The van der Waals surface area contributed by atoms with Gasteiger partial charge < -0.3 is 5.73 Å². The topological polar surface area (TPSA) is 43.1 Å². The number of hydrogen-bond acceptors (Lipinski definition) is 1. The van der Waals surface area contributed by atoms with E-state index < -0.39 is 14.8 Å². The van der Waals surface area contributed by atoms with Crippen molar-refractivity contribution in [2.75, 3.05) is 0 Å². The third-order valence-electron chi connectivity index (χ3n) is 0.665. The highest BCUT2D eigenvalue weighted by atomic mass is 35.5. The molecule has 0 aromatic carbocycles. The molecule has 0 aromatic heterocycles. The summed E-state index contributed by atoms with van der Waals surface area (Å²) in [4.78, 5) is 10.2. The zero-order valence-corrected chi connectivity index (χ0v) is 7.40. The first-order chi connectivity index (χ1) is 4.19. The molecule has 0 saturated heterocycles. The first kappa shape index (κ1) is 10.6. The zero-order chi connectivity index (χ0) is 8.58. The maximum Gasteiger partial charge on any atom is 0.299 e. The number of primary amides is 1. The number of hydrogen-bond donors (Lipinski definition) is 1. The molecule has 10 heavy (non-hydrogen) atoms. The molecule has 0 atom stereocenters. The Bertz CT molecular complexity index is 153. The van der Waals surface area contributed by atoms with Crippen LogP contribution in [0, 0.1) is 0 Å². The molecule has 0 saturated carbocycles. The lowest BCUT2D eigenvalue weighted by atomic mass is 10.4. The quantitative estimate of drug-likeness (QED) is 0.720. The normalized spacial score (nSPS) is 13.3. The van der Waals surface area contributed by atoms with Crippen molar-refractivity contribution in [3.05, 3.63) is 0 Å². The van der Waals surface area contributed by atoms with Crippen LogP contribution in [0.5, 0.6) is 0 Å². The maximum absolute atomic E-state index is 12.4. The van der Waals surface area contributed by atoms with Crippen LogP contribution in [0.25, 0.3) is 0 Å². The zero-order valence-electron chi connectivity index (χ0n) is 4.38. The van der Waals surface area contributed by atoms with Crippen LogP contribution in [0.1, 0.15) is 0 Å². The summed E-state index contributed by atoms with van der Waals surface area (Å²) >= 11 is 19.5. The van der Waals surface area contributed by atoms with Crippen LogP contribution >= 0.6 is 46.4 Å². The predicted molar refractivity (Wildman–Crippen MR) is 39.2 cm³/mol. The van der Waals surface area contributed by atoms with Gasteiger partial charge in [-0.05, 0) is 0 Å². The molecular weight excluding hydrogens is 227 g/mol. The molecule has 0 bridgehead atoms. The Morgan fingerprint density at radius 3 is 1.60 bits per heavy atom. The van der Waals surface area contributed by atoms with Gasteiger partial charge in [-0.15, -0.1) is 0 Å². The van der Waals surface area contributed by atoms with Crippen molar-refractivity contribution in [1.29, 1.82) is 0 Å². The minimum Gasteiger partial charge on any atom is -0.367 e. The van der Waals surface area contributed by atoms with Gasteiger partial charge in [-0.3, -0.25) is 4.79 Å². The Labute approximate surface area is 76.3 Å². The summed E-state index contributed by atoms with van der Waals surface area (Å²) in [6, 6.07) is 0. The van der Waals surface area contributed by atoms with Crippen LogP contribution in [0.15, 0.2) is 0 Å². The van der Waals surface area contributed by atoms with Crippen LogP contribution in [0.3, 0.4) is 0 Å². The second-order valence-corrected chi connectivity index (χ2v) is 4.00. The molecule has 0 aliphatic rings. The second kappa shape index (κ2) is 2.89. The molecule has 0 heterocycles. The van der Waals surface area contributed by atoms with Gasteiger partial charge in [0.1, 0.15) is 0 Å². The van der Waals surface area contributed by atoms with E-state index in [2.05, 4.69) is 5.73 Å². The molecule has 0 rings (SSSR count). The van der Waals surface area contributed by atoms with Crippen molar-refractivity contribution in [1.82, 2.24) is 0 Å². The van der Waals surface area contributed by atoms with E-state index in [-0.39, 0.29) is 0 Å². The molecule has 1 amide bonds. The van der Waals surface area contributed by atoms with Crippen molar-refractivity contribution in [2.24, 2.45) is 5.73 Å². The van der Waals surface area contributed by atoms with Gasteiger partial charge in [0.25, 0.3) is 14.8 Å². The van der Waals surface area contributed by atoms with Crippen molar-refractivity contribution in [3.8, 4) is 0 Å². The monoisotopic (exact) mass is 227 g/mol. The minimum atomic E-state index is -3.08. The molecule has 0 unspecified atom stereocenters. The Balaban J connectivity index is 4.57. The fourth-order valence-corrected chi connectivity index (χ4v) is 0.326. The number of rotatable bonds is 2. The summed E-state index contributed by atoms with van der Waals surface area (Å²) < 4.78 is 6.69. The highest BCUT2D eigenvalue weighted by molar-refractivity contribution is 6.68. The smallest absolute Gasteiger partial charge is 0.299 e. The first-order valence-electron chi connectivity index (χ1n) is 1.94. The molecule has 0 aliphatic carbocycles. The van der Waals surface area contributed by atoms with Crippen molar-refractivity contribution >= 4 is 52.3 Å². The van der Waals surface area contributed by atoms with E-state index in [0.29, 0.717) is 0 Å². The molecule has 0 aliphatic heterocycles. The largest absolute Gasteiger partial charge is 0.367 e. The molecule has 0 spiro atoms. The Morgan fingerprint density at radius 1 is 1.30 bits per heavy atom. The van der Waals surface area contributed by atoms with Crippen molar-refractivity contribution in [3.63, 3.8) is 0 Å². The third kappa shape index (κ3) is 2.02. The van der Waals surface area contributed by atoms with Crippen LogP contribution in [0.4, 0.5) is 4.39 Å². The van der Waals surface area contributed by atoms with Gasteiger partial charge in [-0.25, -0.2) is 4.39 Å². The number of nitrogens with two attached hydrogens (primary N) is 1. The summed E-state index contributed by atoms with van der Waals surface area (Å²) in [6.07, 6.45) is 0. The summed E-state index contributed by atoms with van der Waals surface area (Å²) in [5, 5.41) is 0. The van der Waals surface area contributed by atoms with Crippen molar-refractivity contribution in [2.45, 2.75) is 8.92 Å². The standard InChI is InChI=1S/C3H2Cl4FNO/c4-2(5,1(9)10)3(6,7)8/h(H2,9,10). The predicted octanol–water partition coefficient (Wildman–Crippen LogP) is 1.75. The van der Waals surface area contributed by atoms with Gasteiger partial charge in [0, 0.05) is 0 Å². The SMILES string of the molecule is NC(=O)C(Cl)(Cl)C(F)(Cl)Cl. The highest BCUT2D eigenvalue weighted by Crippen LogP contribution is 2.43. The maximum atomic E-state index is 12.4. The average Bonchev–Trinajstić information content (AvgIpc) is 1.62. The summed E-state index contributed by atoms with van der Waals surface area (Å²) in [5.41, 5.74) is 4.54. The summed E-state index contributed by atoms with van der Waals surface area (Å²) in [6.45, 7) is 0. The number of carbonyl (C=O) groups is 1. The Kier molecular flexibility index (Phi) is 3.06. The van der Waals surface area contributed by atoms with Gasteiger partial charge in [0.05, 0.1) is 0 Å². The average molecular weight is 229 g/mol. The fraction of sp³-hybridized carbons (Fsp3) is 0.667. The molecule has 60 valence electrons. The lowest BCUT2D eigenvalue weighted by Crippen LogP contribution is -2.44. The molecule has 7 heteroatoms. The number of carbonyl (C=O) groups excluding carboxylic acids is 1. The lowest BCUT2D eigenvalue weighted by Gasteiger charge is -2.21. The Morgan fingerprint density at radius 2 is 1.60 bits per heavy atom. The van der Waals surface area contributed by atoms with Gasteiger partial charge >= 0.3 is 0 Å². The third-order valence-corrected chi connectivity index (χ3v) is 2.51. The van der Waals surface area contributed by atoms with E-state index in [1.54, 1.807) is 0 Å². The summed E-state index contributed by atoms with van der Waals surface area (Å²) in [7, 11) is 0. The van der Waals surface area contributed by atoms with Gasteiger partial charge in [0.2, 0.25) is 0 Å². The van der Waals surface area contributed by atoms with E-state index in [1.807, 2.05) is 0 Å². The summed E-state index contributed by atoms with van der Waals surface area (Å²) in [5.74, 6) is -1.34. The molecule has 0 fully saturated rings. The van der Waals surface area contributed by atoms with Crippen LogP contribution in [-0.4, -0.2) is 14.8 Å². The Hall–Kier alpha value is 0.560. The van der Waals surface area contributed by atoms with Gasteiger partial charge in [-0.1, -0.05) is 46.4 Å². The van der Waals surface area contributed by atoms with Crippen LogP contribution < -0.4 is 5.73 Å². The van der Waals surface area contributed by atoms with E-state index in [1.165, 1.54) is 0 Å². The van der Waals surface area contributed by atoms with E-state index >= 15 is 0 Å². The van der Waals surface area contributed by atoms with E-state index in [0.717, 1.165) is 0 Å². The van der Waals surface area contributed by atoms with Crippen LogP contribution in [-0.2, 0) is 4.79 Å². The number of amides is 1.